The van der Waals surface area contributed by atoms with E-state index in [9.17, 15) is 19.2 Å². The number of carbonyl (C=O) groups is 4. The first-order valence-corrected chi connectivity index (χ1v) is 12.1. The number of rotatable bonds is 10. The Morgan fingerprint density at radius 3 is 2.23 bits per heavy atom. The molecular weight excluding hydrogens is 422 g/mol. The number of alkyl carbamates (subject to hydrolysis) is 1. The number of carboxylic acids is 1. The van der Waals surface area contributed by atoms with Crippen LogP contribution in [0.1, 0.15) is 59.8 Å². The summed E-state index contributed by atoms with van der Waals surface area (Å²) in [6.45, 7) is 7.22. The lowest BCUT2D eigenvalue weighted by Gasteiger charge is -2.29. The van der Waals surface area contributed by atoms with E-state index in [-0.39, 0.29) is 23.7 Å². The van der Waals surface area contributed by atoms with Crippen molar-refractivity contribution in [3.63, 3.8) is 0 Å². The Hall–Kier alpha value is -1.97. The Balaban J connectivity index is 2.47. The Morgan fingerprint density at radius 1 is 1.10 bits per heavy atom. The molecule has 0 aliphatic heterocycles. The average molecular weight is 460 g/mol. The molecule has 0 bridgehead atoms. The van der Waals surface area contributed by atoms with E-state index < -0.39 is 29.7 Å². The van der Waals surface area contributed by atoms with Crippen LogP contribution in [0.4, 0.5) is 4.79 Å². The minimum absolute atomic E-state index is 0.197. The van der Waals surface area contributed by atoms with Gasteiger partial charge in [0, 0.05) is 12.5 Å². The zero-order chi connectivity index (χ0) is 23.6. The Labute approximate surface area is 188 Å². The second-order valence-electron chi connectivity index (χ2n) is 9.01. The fraction of sp³-hybridized carbons (Fsp3) is 0.810. The molecule has 0 radical (unpaired) electrons. The van der Waals surface area contributed by atoms with Crippen LogP contribution >= 0.6 is 11.8 Å². The summed E-state index contributed by atoms with van der Waals surface area (Å²) in [4.78, 5) is 47.8. The van der Waals surface area contributed by atoms with Gasteiger partial charge in [0.1, 0.15) is 17.7 Å². The first-order chi connectivity index (χ1) is 14.4. The molecule has 1 aliphatic rings. The molecule has 0 aromatic heterocycles. The second kappa shape index (κ2) is 12.8. The van der Waals surface area contributed by atoms with Crippen molar-refractivity contribution >= 4 is 35.6 Å². The summed E-state index contributed by atoms with van der Waals surface area (Å²) >= 11 is 1.60. The lowest BCUT2D eigenvalue weighted by atomic mass is 9.81. The molecule has 0 aromatic carbocycles. The Kier molecular flexibility index (Phi) is 11.2. The van der Waals surface area contributed by atoms with Gasteiger partial charge in [0.05, 0.1) is 0 Å². The smallest absolute Gasteiger partial charge is 0.408 e. The van der Waals surface area contributed by atoms with Gasteiger partial charge in [-0.15, -0.1) is 0 Å². The summed E-state index contributed by atoms with van der Waals surface area (Å²) in [5.74, 6) is -0.750. The molecule has 0 unspecified atom stereocenters. The Bertz CT molecular complexity index is 629. The number of nitrogens with one attached hydrogen (secondary N) is 3. The molecule has 1 rings (SSSR count). The van der Waals surface area contributed by atoms with Gasteiger partial charge in [-0.25, -0.2) is 4.79 Å². The molecule has 1 saturated carbocycles. The predicted octanol–water partition coefficient (Wildman–Crippen LogP) is 2.14. The zero-order valence-electron chi connectivity index (χ0n) is 19.2. The predicted molar refractivity (Wildman–Crippen MR) is 120 cm³/mol. The minimum atomic E-state index is -1.05. The average Bonchev–Trinajstić information content (AvgIpc) is 2.68. The maximum absolute atomic E-state index is 12.6. The van der Waals surface area contributed by atoms with E-state index in [0.29, 0.717) is 25.8 Å². The van der Waals surface area contributed by atoms with Crippen molar-refractivity contribution in [2.75, 3.05) is 18.6 Å². The molecule has 1 aliphatic carbocycles. The summed E-state index contributed by atoms with van der Waals surface area (Å²) in [5.41, 5.74) is -0.641. The fourth-order valence-electron chi connectivity index (χ4n) is 3.34. The monoisotopic (exact) mass is 459 g/mol. The number of ether oxygens (including phenoxy) is 1. The lowest BCUT2D eigenvalue weighted by molar-refractivity contribution is -0.142. The molecule has 0 spiro atoms. The molecule has 1 fully saturated rings. The standard InChI is InChI=1S/C21H37N3O6S/c1-13(19(27)28)23-17(25)15-8-6-14(7-9-15)12-22-18(26)16(10-11-31-5)24-20(29)30-21(2,3)4/h13-16H,6-12H2,1-5H3,(H,22,26)(H,23,25)(H,24,29)(H,27,28)/t13-,14?,15?,16+/m0/s1. The number of hydrogen-bond donors (Lipinski definition) is 4. The van der Waals surface area contributed by atoms with Crippen LogP contribution in [-0.2, 0) is 19.1 Å². The van der Waals surface area contributed by atoms with E-state index in [2.05, 4.69) is 16.0 Å². The molecule has 3 amide bonds. The third kappa shape index (κ3) is 10.8. The van der Waals surface area contributed by atoms with Crippen LogP contribution in [0.2, 0.25) is 0 Å². The van der Waals surface area contributed by atoms with Gasteiger partial charge in [0.2, 0.25) is 11.8 Å². The third-order valence-electron chi connectivity index (χ3n) is 5.13. The van der Waals surface area contributed by atoms with Crippen LogP contribution in [0, 0.1) is 11.8 Å². The number of carboxylic acid groups (broad SMARTS) is 1. The van der Waals surface area contributed by atoms with Crippen LogP contribution in [0.25, 0.3) is 0 Å². The van der Waals surface area contributed by atoms with Crippen LogP contribution < -0.4 is 16.0 Å². The summed E-state index contributed by atoms with van der Waals surface area (Å²) in [6.07, 6.45) is 4.68. The van der Waals surface area contributed by atoms with E-state index in [0.717, 1.165) is 18.6 Å². The lowest BCUT2D eigenvalue weighted by Crippen LogP contribution is -2.49. The van der Waals surface area contributed by atoms with Crippen molar-refractivity contribution in [1.82, 2.24) is 16.0 Å². The highest BCUT2D eigenvalue weighted by atomic mass is 32.2. The normalized spacial score (nSPS) is 20.8. The van der Waals surface area contributed by atoms with Gasteiger partial charge in [0.15, 0.2) is 0 Å². The first kappa shape index (κ1) is 27.1. The number of amides is 3. The van der Waals surface area contributed by atoms with Crippen LogP contribution in [0.15, 0.2) is 0 Å². The summed E-state index contributed by atoms with van der Waals surface area (Å²) in [7, 11) is 0. The molecule has 2 atom stereocenters. The number of aliphatic carboxylic acids is 1. The molecular formula is C21H37N3O6S. The minimum Gasteiger partial charge on any atom is -0.480 e. The first-order valence-electron chi connectivity index (χ1n) is 10.7. The fourth-order valence-corrected chi connectivity index (χ4v) is 3.82. The topological polar surface area (TPSA) is 134 Å². The molecule has 0 aromatic rings. The van der Waals surface area contributed by atoms with E-state index in [1.807, 2.05) is 6.26 Å². The van der Waals surface area contributed by atoms with Gasteiger partial charge in [-0.05, 0) is 77.7 Å². The maximum Gasteiger partial charge on any atom is 0.408 e. The van der Waals surface area contributed by atoms with Crippen molar-refractivity contribution in [3.8, 4) is 0 Å². The summed E-state index contributed by atoms with van der Waals surface area (Å²) < 4.78 is 5.26. The Morgan fingerprint density at radius 2 is 1.71 bits per heavy atom. The number of thioether (sulfide) groups is 1. The molecule has 0 saturated heterocycles. The van der Waals surface area contributed by atoms with Gasteiger partial charge in [-0.2, -0.15) is 11.8 Å². The van der Waals surface area contributed by atoms with Crippen molar-refractivity contribution in [2.24, 2.45) is 11.8 Å². The van der Waals surface area contributed by atoms with Crippen LogP contribution in [-0.4, -0.2) is 65.2 Å². The summed E-state index contributed by atoms with van der Waals surface area (Å²) in [6, 6.07) is -1.57. The van der Waals surface area contributed by atoms with Crippen molar-refractivity contribution in [2.45, 2.75) is 77.5 Å². The van der Waals surface area contributed by atoms with Gasteiger partial charge >= 0.3 is 12.1 Å². The zero-order valence-corrected chi connectivity index (χ0v) is 20.0. The van der Waals surface area contributed by atoms with E-state index in [4.69, 9.17) is 9.84 Å². The van der Waals surface area contributed by atoms with E-state index in [1.54, 1.807) is 32.5 Å². The van der Waals surface area contributed by atoms with Crippen LogP contribution in [0.3, 0.4) is 0 Å². The van der Waals surface area contributed by atoms with Gasteiger partial charge in [0.25, 0.3) is 0 Å². The molecule has 10 heteroatoms. The largest absolute Gasteiger partial charge is 0.480 e. The van der Waals surface area contributed by atoms with Gasteiger partial charge in [-0.3, -0.25) is 14.4 Å². The van der Waals surface area contributed by atoms with Gasteiger partial charge < -0.3 is 25.8 Å². The van der Waals surface area contributed by atoms with E-state index >= 15 is 0 Å². The highest BCUT2D eigenvalue weighted by Crippen LogP contribution is 2.28. The van der Waals surface area contributed by atoms with Crippen LogP contribution in [0.5, 0.6) is 0 Å². The highest BCUT2D eigenvalue weighted by molar-refractivity contribution is 7.98. The van der Waals surface area contributed by atoms with Crippen molar-refractivity contribution in [3.05, 3.63) is 0 Å². The number of hydrogen-bond acceptors (Lipinski definition) is 6. The molecule has 0 heterocycles. The maximum atomic E-state index is 12.6. The third-order valence-corrected chi connectivity index (χ3v) is 5.77. The van der Waals surface area contributed by atoms with Crippen molar-refractivity contribution in [1.29, 1.82) is 0 Å². The number of carbonyl (C=O) groups excluding carboxylic acids is 3. The van der Waals surface area contributed by atoms with E-state index in [1.165, 1.54) is 6.92 Å². The van der Waals surface area contributed by atoms with Crippen molar-refractivity contribution < 1.29 is 29.0 Å². The quantitative estimate of drug-likeness (QED) is 0.393. The molecule has 31 heavy (non-hydrogen) atoms. The molecule has 178 valence electrons. The molecule has 9 nitrogen and oxygen atoms in total. The highest BCUT2D eigenvalue weighted by Gasteiger charge is 2.29. The van der Waals surface area contributed by atoms with Gasteiger partial charge in [-0.1, -0.05) is 0 Å². The second-order valence-corrected chi connectivity index (χ2v) is 10.00. The SMILES string of the molecule is CSCC[C@@H](NC(=O)OC(C)(C)C)C(=O)NCC1CCC(C(=O)N[C@@H](C)C(=O)O)CC1. The molecule has 4 N–H and O–H groups in total. The summed E-state index contributed by atoms with van der Waals surface area (Å²) in [5, 5.41) is 17.0.